The highest BCUT2D eigenvalue weighted by molar-refractivity contribution is 9.10. The first kappa shape index (κ1) is 15.2. The molecule has 106 valence electrons. The van der Waals surface area contributed by atoms with E-state index in [-0.39, 0.29) is 12.1 Å². The number of hydrogen-bond acceptors (Lipinski definition) is 2. The fourth-order valence-electron chi connectivity index (χ4n) is 2.17. The van der Waals surface area contributed by atoms with E-state index in [1.807, 2.05) is 25.1 Å². The average molecular weight is 334 g/mol. The summed E-state index contributed by atoms with van der Waals surface area (Å²) in [5.74, 6) is 0. The highest BCUT2D eigenvalue weighted by Crippen LogP contribution is 2.23. The Hall–Kier alpha value is -1.16. The van der Waals surface area contributed by atoms with E-state index in [1.165, 1.54) is 5.56 Å². The van der Waals surface area contributed by atoms with E-state index >= 15 is 0 Å². The molecule has 0 fully saturated rings. The number of aryl methyl sites for hydroxylation is 1. The predicted molar refractivity (Wildman–Crippen MR) is 86.5 cm³/mol. The van der Waals surface area contributed by atoms with Crippen LogP contribution in [-0.4, -0.2) is 6.04 Å². The molecular formula is C17H20BrNO. The quantitative estimate of drug-likeness (QED) is 0.882. The molecule has 0 saturated heterocycles. The lowest BCUT2D eigenvalue weighted by molar-refractivity contribution is 0.0258. The van der Waals surface area contributed by atoms with Gasteiger partial charge in [-0.15, -0.1) is 0 Å². The molecule has 0 radical (unpaired) electrons. The highest BCUT2D eigenvalue weighted by atomic mass is 79.9. The molecule has 0 aliphatic rings. The van der Waals surface area contributed by atoms with Gasteiger partial charge in [-0.05, 0) is 37.1 Å². The summed E-state index contributed by atoms with van der Waals surface area (Å²) in [6.45, 7) is 4.62. The smallest absolute Gasteiger partial charge is 0.0977 e. The van der Waals surface area contributed by atoms with Gasteiger partial charge in [-0.2, -0.15) is 0 Å². The molecule has 2 unspecified atom stereocenters. The Morgan fingerprint density at radius 3 is 2.45 bits per heavy atom. The molecule has 2 N–H and O–H groups in total. The first-order chi connectivity index (χ1) is 9.56. The first-order valence-electron chi connectivity index (χ1n) is 6.74. The minimum atomic E-state index is -0.0847. The second-order valence-electron chi connectivity index (χ2n) is 5.13. The minimum absolute atomic E-state index is 0.0488. The summed E-state index contributed by atoms with van der Waals surface area (Å²) in [5, 5.41) is 0. The molecule has 0 aromatic heterocycles. The van der Waals surface area contributed by atoms with Gasteiger partial charge in [0.2, 0.25) is 0 Å². The van der Waals surface area contributed by atoms with Crippen LogP contribution >= 0.6 is 15.9 Å². The molecule has 2 aromatic rings. The Kier molecular flexibility index (Phi) is 5.35. The number of benzene rings is 2. The summed E-state index contributed by atoms with van der Waals surface area (Å²) in [7, 11) is 0. The Morgan fingerprint density at radius 2 is 1.85 bits per heavy atom. The van der Waals surface area contributed by atoms with Crippen LogP contribution in [0.4, 0.5) is 0 Å². The summed E-state index contributed by atoms with van der Waals surface area (Å²) >= 11 is 3.43. The van der Waals surface area contributed by atoms with Gasteiger partial charge in [0, 0.05) is 10.5 Å². The largest absolute Gasteiger partial charge is 0.367 e. The Morgan fingerprint density at radius 1 is 1.15 bits per heavy atom. The molecule has 0 bridgehead atoms. The van der Waals surface area contributed by atoms with Crippen LogP contribution in [0.3, 0.4) is 0 Å². The van der Waals surface area contributed by atoms with Gasteiger partial charge in [0.25, 0.3) is 0 Å². The van der Waals surface area contributed by atoms with Gasteiger partial charge >= 0.3 is 0 Å². The predicted octanol–water partition coefficient (Wildman–Crippen LogP) is 4.36. The van der Waals surface area contributed by atoms with Crippen molar-refractivity contribution in [2.45, 2.75) is 32.6 Å². The normalized spacial score (nSPS) is 14.0. The van der Waals surface area contributed by atoms with Crippen LogP contribution in [0.5, 0.6) is 0 Å². The fraction of sp³-hybridized carbons (Fsp3) is 0.294. The summed E-state index contributed by atoms with van der Waals surface area (Å²) in [4.78, 5) is 0. The van der Waals surface area contributed by atoms with Crippen molar-refractivity contribution in [1.82, 2.24) is 0 Å². The van der Waals surface area contributed by atoms with Gasteiger partial charge in [-0.1, -0.05) is 57.9 Å². The number of ether oxygens (including phenoxy) is 1. The van der Waals surface area contributed by atoms with Gasteiger partial charge in [0.1, 0.15) is 0 Å². The van der Waals surface area contributed by atoms with Crippen LogP contribution in [0.25, 0.3) is 0 Å². The van der Waals surface area contributed by atoms with E-state index in [4.69, 9.17) is 10.5 Å². The third-order valence-electron chi connectivity index (χ3n) is 3.19. The molecule has 2 rings (SSSR count). The van der Waals surface area contributed by atoms with Crippen LogP contribution in [0.15, 0.2) is 53.0 Å². The molecular weight excluding hydrogens is 314 g/mol. The number of hydrogen-bond donors (Lipinski definition) is 1. The molecule has 0 heterocycles. The summed E-state index contributed by atoms with van der Waals surface area (Å²) < 4.78 is 7.10. The van der Waals surface area contributed by atoms with E-state index in [9.17, 15) is 0 Å². The van der Waals surface area contributed by atoms with Crippen molar-refractivity contribution in [1.29, 1.82) is 0 Å². The zero-order chi connectivity index (χ0) is 14.5. The fourth-order valence-corrected chi connectivity index (χ4v) is 2.43. The van der Waals surface area contributed by atoms with Crippen molar-refractivity contribution in [3.63, 3.8) is 0 Å². The van der Waals surface area contributed by atoms with Gasteiger partial charge in [-0.3, -0.25) is 0 Å². The maximum atomic E-state index is 6.07. The number of nitrogens with two attached hydrogens (primary N) is 1. The van der Waals surface area contributed by atoms with Gasteiger partial charge in [-0.25, -0.2) is 0 Å². The zero-order valence-electron chi connectivity index (χ0n) is 11.8. The SMILES string of the molecule is Cc1cccc(C(OCc2ccc(Br)cc2)C(C)N)c1. The summed E-state index contributed by atoms with van der Waals surface area (Å²) in [6, 6.07) is 16.4. The maximum absolute atomic E-state index is 6.07. The minimum Gasteiger partial charge on any atom is -0.367 e. The van der Waals surface area contributed by atoms with Crippen molar-refractivity contribution < 1.29 is 4.74 Å². The second kappa shape index (κ2) is 7.02. The van der Waals surface area contributed by atoms with Gasteiger partial charge in [0.05, 0.1) is 12.7 Å². The molecule has 3 heteroatoms. The molecule has 2 atom stereocenters. The van der Waals surface area contributed by atoms with Gasteiger partial charge < -0.3 is 10.5 Å². The molecule has 0 aliphatic heterocycles. The molecule has 20 heavy (non-hydrogen) atoms. The molecule has 2 nitrogen and oxygen atoms in total. The van der Waals surface area contributed by atoms with E-state index in [1.54, 1.807) is 0 Å². The molecule has 0 aliphatic carbocycles. The van der Waals surface area contributed by atoms with E-state index < -0.39 is 0 Å². The van der Waals surface area contributed by atoms with E-state index in [0.29, 0.717) is 6.61 Å². The van der Waals surface area contributed by atoms with E-state index in [2.05, 4.69) is 53.2 Å². The van der Waals surface area contributed by atoms with Crippen LogP contribution in [0, 0.1) is 6.92 Å². The standard InChI is InChI=1S/C17H20BrNO/c1-12-4-3-5-15(10-12)17(13(2)19)20-11-14-6-8-16(18)9-7-14/h3-10,13,17H,11,19H2,1-2H3. The molecule has 2 aromatic carbocycles. The maximum Gasteiger partial charge on any atom is 0.0977 e. The van der Waals surface area contributed by atoms with Crippen molar-refractivity contribution in [2.24, 2.45) is 5.73 Å². The molecule has 0 saturated carbocycles. The zero-order valence-corrected chi connectivity index (χ0v) is 13.4. The third-order valence-corrected chi connectivity index (χ3v) is 3.72. The van der Waals surface area contributed by atoms with Gasteiger partial charge in [0.15, 0.2) is 0 Å². The highest BCUT2D eigenvalue weighted by Gasteiger charge is 2.17. The Balaban J connectivity index is 2.08. The summed E-state index contributed by atoms with van der Waals surface area (Å²) in [5.41, 5.74) is 9.58. The lowest BCUT2D eigenvalue weighted by Crippen LogP contribution is -2.27. The lowest BCUT2D eigenvalue weighted by Gasteiger charge is -2.22. The third kappa shape index (κ3) is 4.17. The lowest BCUT2D eigenvalue weighted by atomic mass is 10.0. The Labute approximate surface area is 129 Å². The number of halogens is 1. The molecule has 0 spiro atoms. The first-order valence-corrected chi connectivity index (χ1v) is 7.54. The van der Waals surface area contributed by atoms with Crippen LogP contribution in [-0.2, 0) is 11.3 Å². The van der Waals surface area contributed by atoms with Crippen molar-refractivity contribution in [2.75, 3.05) is 0 Å². The Bertz CT molecular complexity index is 551. The number of rotatable bonds is 5. The summed E-state index contributed by atoms with van der Waals surface area (Å²) in [6.07, 6.45) is -0.0847. The monoisotopic (exact) mass is 333 g/mol. The average Bonchev–Trinajstić information content (AvgIpc) is 2.41. The second-order valence-corrected chi connectivity index (χ2v) is 6.05. The van der Waals surface area contributed by atoms with Crippen molar-refractivity contribution in [3.8, 4) is 0 Å². The topological polar surface area (TPSA) is 35.2 Å². The van der Waals surface area contributed by atoms with Crippen molar-refractivity contribution in [3.05, 3.63) is 69.7 Å². The van der Waals surface area contributed by atoms with Crippen LogP contribution in [0.1, 0.15) is 29.7 Å². The van der Waals surface area contributed by atoms with Crippen molar-refractivity contribution >= 4 is 15.9 Å². The van der Waals surface area contributed by atoms with Crippen LogP contribution in [0.2, 0.25) is 0 Å². The van der Waals surface area contributed by atoms with E-state index in [0.717, 1.165) is 15.6 Å². The molecule has 0 amide bonds. The van der Waals surface area contributed by atoms with Crippen LogP contribution < -0.4 is 5.73 Å².